The molecule has 2 aromatic carbocycles. The van der Waals surface area contributed by atoms with Gasteiger partial charge < -0.3 is 14.9 Å². The number of halogens is 1. The van der Waals surface area contributed by atoms with Gasteiger partial charge in [0.2, 0.25) is 0 Å². The van der Waals surface area contributed by atoms with E-state index in [4.69, 9.17) is 14.9 Å². The normalized spacial score (nSPS) is 10.9. The van der Waals surface area contributed by atoms with Crippen LogP contribution in [0.5, 0.6) is 5.75 Å². The van der Waals surface area contributed by atoms with Crippen molar-refractivity contribution >= 4 is 11.0 Å². The Morgan fingerprint density at radius 3 is 2.75 bits per heavy atom. The molecule has 1 aromatic heterocycles. The molecule has 0 amide bonds. The molecule has 20 heavy (non-hydrogen) atoms. The molecule has 0 spiro atoms. The number of rotatable bonds is 4. The molecule has 0 aliphatic heterocycles. The predicted molar refractivity (Wildman–Crippen MR) is 74.8 cm³/mol. The maximum atomic E-state index is 13.1. The van der Waals surface area contributed by atoms with Gasteiger partial charge in [0.05, 0.1) is 6.54 Å². The summed E-state index contributed by atoms with van der Waals surface area (Å²) in [5, 5.41) is 0.976. The lowest BCUT2D eigenvalue weighted by Crippen LogP contribution is -2.02. The van der Waals surface area contributed by atoms with Crippen molar-refractivity contribution in [3.05, 3.63) is 65.7 Å². The maximum absolute atomic E-state index is 13.1. The van der Waals surface area contributed by atoms with Crippen LogP contribution in [0.25, 0.3) is 11.0 Å². The molecule has 3 rings (SSSR count). The minimum absolute atomic E-state index is 0.299. The van der Waals surface area contributed by atoms with Crippen LogP contribution in [0.2, 0.25) is 0 Å². The van der Waals surface area contributed by atoms with Crippen LogP contribution < -0.4 is 10.5 Å². The molecular formula is C16H14FNO2. The Morgan fingerprint density at radius 1 is 1.10 bits per heavy atom. The van der Waals surface area contributed by atoms with Crippen molar-refractivity contribution in [2.75, 3.05) is 0 Å². The molecule has 4 heteroatoms. The Balaban J connectivity index is 1.90. The molecule has 3 aromatic rings. The van der Waals surface area contributed by atoms with Crippen molar-refractivity contribution in [2.24, 2.45) is 5.73 Å². The topological polar surface area (TPSA) is 48.4 Å². The van der Waals surface area contributed by atoms with Crippen molar-refractivity contribution in [2.45, 2.75) is 13.2 Å². The SMILES string of the molecule is NCc1oc2ccccc2c1COc1cccc(F)c1. The minimum Gasteiger partial charge on any atom is -0.489 e. The summed E-state index contributed by atoms with van der Waals surface area (Å²) >= 11 is 0. The largest absolute Gasteiger partial charge is 0.489 e. The average molecular weight is 271 g/mol. The Labute approximate surface area is 115 Å². The number of nitrogens with two attached hydrogens (primary N) is 1. The van der Waals surface area contributed by atoms with Crippen molar-refractivity contribution in [1.82, 2.24) is 0 Å². The van der Waals surface area contributed by atoms with Crippen LogP contribution in [0, 0.1) is 5.82 Å². The van der Waals surface area contributed by atoms with Gasteiger partial charge in [-0.15, -0.1) is 0 Å². The van der Waals surface area contributed by atoms with Crippen molar-refractivity contribution in [1.29, 1.82) is 0 Å². The summed E-state index contributed by atoms with van der Waals surface area (Å²) in [4.78, 5) is 0. The molecule has 0 radical (unpaired) electrons. The van der Waals surface area contributed by atoms with Crippen LogP contribution in [0.3, 0.4) is 0 Å². The number of furan rings is 1. The Morgan fingerprint density at radius 2 is 1.95 bits per heavy atom. The summed E-state index contributed by atoms with van der Waals surface area (Å²) < 4.78 is 24.4. The van der Waals surface area contributed by atoms with Crippen molar-refractivity contribution < 1.29 is 13.5 Å². The standard InChI is InChI=1S/C16H14FNO2/c17-11-4-3-5-12(8-11)19-10-14-13-6-1-2-7-15(13)20-16(14)9-18/h1-8H,9-10,18H2. The second-order valence-corrected chi connectivity index (χ2v) is 4.45. The number of benzene rings is 2. The highest BCUT2D eigenvalue weighted by Gasteiger charge is 2.13. The lowest BCUT2D eigenvalue weighted by Gasteiger charge is -2.06. The highest BCUT2D eigenvalue weighted by Crippen LogP contribution is 2.27. The Bertz CT molecular complexity index is 736. The predicted octanol–water partition coefficient (Wildman–Crippen LogP) is 3.61. The molecule has 102 valence electrons. The van der Waals surface area contributed by atoms with E-state index in [-0.39, 0.29) is 5.82 Å². The Hall–Kier alpha value is -2.33. The third-order valence-electron chi connectivity index (χ3n) is 3.15. The van der Waals surface area contributed by atoms with Gasteiger partial charge in [0, 0.05) is 17.0 Å². The van der Waals surface area contributed by atoms with E-state index in [1.165, 1.54) is 12.1 Å². The van der Waals surface area contributed by atoms with E-state index in [1.807, 2.05) is 24.3 Å². The van der Waals surface area contributed by atoms with E-state index >= 15 is 0 Å². The maximum Gasteiger partial charge on any atom is 0.134 e. The second-order valence-electron chi connectivity index (χ2n) is 4.45. The van der Waals surface area contributed by atoms with Gasteiger partial charge in [-0.25, -0.2) is 4.39 Å². The fourth-order valence-corrected chi connectivity index (χ4v) is 2.18. The third-order valence-corrected chi connectivity index (χ3v) is 3.15. The first-order chi connectivity index (χ1) is 9.78. The van der Waals surface area contributed by atoms with Gasteiger partial charge in [-0.2, -0.15) is 0 Å². The van der Waals surface area contributed by atoms with E-state index in [1.54, 1.807) is 12.1 Å². The summed E-state index contributed by atoms with van der Waals surface area (Å²) in [7, 11) is 0. The number of hydrogen-bond donors (Lipinski definition) is 1. The second kappa shape index (κ2) is 5.35. The third kappa shape index (κ3) is 2.38. The first kappa shape index (κ1) is 12.7. The van der Waals surface area contributed by atoms with Gasteiger partial charge in [0.1, 0.15) is 29.5 Å². The van der Waals surface area contributed by atoms with E-state index < -0.39 is 0 Å². The molecule has 0 fully saturated rings. The van der Waals surface area contributed by atoms with E-state index in [9.17, 15) is 4.39 Å². The molecule has 0 aliphatic rings. The summed E-state index contributed by atoms with van der Waals surface area (Å²) in [6.45, 7) is 0.601. The summed E-state index contributed by atoms with van der Waals surface area (Å²) in [6.07, 6.45) is 0. The van der Waals surface area contributed by atoms with Gasteiger partial charge in [-0.05, 0) is 18.2 Å². The molecule has 0 atom stereocenters. The van der Waals surface area contributed by atoms with Crippen LogP contribution in [0.1, 0.15) is 11.3 Å². The molecule has 2 N–H and O–H groups in total. The van der Waals surface area contributed by atoms with Gasteiger partial charge in [-0.3, -0.25) is 0 Å². The molecule has 0 saturated heterocycles. The fraction of sp³-hybridized carbons (Fsp3) is 0.125. The molecule has 1 heterocycles. The first-order valence-corrected chi connectivity index (χ1v) is 6.35. The molecule has 0 saturated carbocycles. The molecule has 0 unspecified atom stereocenters. The highest BCUT2D eigenvalue weighted by molar-refractivity contribution is 5.82. The van der Waals surface area contributed by atoms with Crippen molar-refractivity contribution in [3.63, 3.8) is 0 Å². The lowest BCUT2D eigenvalue weighted by atomic mass is 10.1. The number of ether oxygens (including phenoxy) is 1. The molecule has 3 nitrogen and oxygen atoms in total. The fourth-order valence-electron chi connectivity index (χ4n) is 2.18. The Kier molecular flexibility index (Phi) is 3.39. The number of para-hydroxylation sites is 1. The van der Waals surface area contributed by atoms with Gasteiger partial charge in [-0.1, -0.05) is 24.3 Å². The van der Waals surface area contributed by atoms with Crippen LogP contribution in [-0.4, -0.2) is 0 Å². The smallest absolute Gasteiger partial charge is 0.134 e. The van der Waals surface area contributed by atoms with E-state index in [2.05, 4.69) is 0 Å². The lowest BCUT2D eigenvalue weighted by molar-refractivity contribution is 0.302. The van der Waals surface area contributed by atoms with Crippen LogP contribution in [0.4, 0.5) is 4.39 Å². The molecule has 0 aliphatic carbocycles. The zero-order valence-corrected chi connectivity index (χ0v) is 10.8. The molecule has 0 bridgehead atoms. The van der Waals surface area contributed by atoms with Crippen LogP contribution >= 0.6 is 0 Å². The number of fused-ring (bicyclic) bond motifs is 1. The summed E-state index contributed by atoms with van der Waals surface area (Å²) in [5.41, 5.74) is 7.39. The van der Waals surface area contributed by atoms with E-state index in [0.29, 0.717) is 24.7 Å². The van der Waals surface area contributed by atoms with Gasteiger partial charge in [0.25, 0.3) is 0 Å². The van der Waals surface area contributed by atoms with Gasteiger partial charge in [0.15, 0.2) is 0 Å². The monoisotopic (exact) mass is 271 g/mol. The highest BCUT2D eigenvalue weighted by atomic mass is 19.1. The quantitative estimate of drug-likeness (QED) is 0.788. The van der Waals surface area contributed by atoms with Gasteiger partial charge >= 0.3 is 0 Å². The zero-order chi connectivity index (χ0) is 13.9. The summed E-state index contributed by atoms with van der Waals surface area (Å²) in [5.74, 6) is 0.861. The van der Waals surface area contributed by atoms with Crippen LogP contribution in [-0.2, 0) is 13.2 Å². The minimum atomic E-state index is -0.321. The van der Waals surface area contributed by atoms with E-state index in [0.717, 1.165) is 16.5 Å². The summed E-state index contributed by atoms with van der Waals surface area (Å²) in [6, 6.07) is 13.8. The van der Waals surface area contributed by atoms with Crippen molar-refractivity contribution in [3.8, 4) is 5.75 Å². The average Bonchev–Trinajstić information content (AvgIpc) is 2.83. The molecular weight excluding hydrogens is 257 g/mol. The first-order valence-electron chi connectivity index (χ1n) is 6.35. The number of hydrogen-bond acceptors (Lipinski definition) is 3. The zero-order valence-electron chi connectivity index (χ0n) is 10.8. The van der Waals surface area contributed by atoms with Crippen LogP contribution in [0.15, 0.2) is 52.9 Å².